The summed E-state index contributed by atoms with van der Waals surface area (Å²) in [5.41, 5.74) is 16.0. The molecule has 4 heteroatoms. The minimum atomic E-state index is -0.168. The van der Waals surface area contributed by atoms with E-state index in [1.807, 2.05) is 24.4 Å². The number of para-hydroxylation sites is 1. The van der Waals surface area contributed by atoms with Gasteiger partial charge >= 0.3 is 0 Å². The standard InChI is InChI=1S/C54H61N3O/c1-33(2)42-20-17-21-43(34(3)4)50(42)57-47-32-41(54(11,12)13)30-44(49(47)56-51(57)45-29-36(22-23-48(45)58)35-18-15-14-16-19-35)37-26-38(28-40(27-37)53(8,9)10)46-31-39(24-25-55-46)52(5,6)7/h14-34,58H,1-13H3. The van der Waals surface area contributed by atoms with E-state index in [4.69, 9.17) is 9.97 Å². The highest BCUT2D eigenvalue weighted by Crippen LogP contribution is 2.45. The third kappa shape index (κ3) is 7.86. The second-order valence-electron chi connectivity index (χ2n) is 19.8. The quantitative estimate of drug-likeness (QED) is 0.176. The maximum atomic E-state index is 11.9. The van der Waals surface area contributed by atoms with Crippen LogP contribution in [0.2, 0.25) is 0 Å². The number of phenolic OH excluding ortho intramolecular Hbond substituents is 1. The fourth-order valence-electron chi connectivity index (χ4n) is 7.95. The van der Waals surface area contributed by atoms with Gasteiger partial charge in [-0.3, -0.25) is 9.55 Å². The van der Waals surface area contributed by atoms with Gasteiger partial charge in [0, 0.05) is 17.3 Å². The van der Waals surface area contributed by atoms with Crippen LogP contribution in [0.4, 0.5) is 0 Å². The van der Waals surface area contributed by atoms with E-state index in [-0.39, 0.29) is 33.8 Å². The molecule has 0 radical (unpaired) electrons. The number of aromatic hydroxyl groups is 1. The molecule has 0 atom stereocenters. The van der Waals surface area contributed by atoms with Crippen molar-refractivity contribution in [2.75, 3.05) is 0 Å². The van der Waals surface area contributed by atoms with Crippen LogP contribution >= 0.6 is 0 Å². The van der Waals surface area contributed by atoms with Crippen molar-refractivity contribution in [1.82, 2.24) is 14.5 Å². The van der Waals surface area contributed by atoms with Gasteiger partial charge in [-0.2, -0.15) is 0 Å². The van der Waals surface area contributed by atoms with E-state index in [9.17, 15) is 5.11 Å². The van der Waals surface area contributed by atoms with Crippen LogP contribution < -0.4 is 0 Å². The smallest absolute Gasteiger partial charge is 0.149 e. The summed E-state index contributed by atoms with van der Waals surface area (Å²) in [6.45, 7) is 29.5. The largest absolute Gasteiger partial charge is 0.507 e. The SMILES string of the molecule is CC(C)c1cccc(C(C)C)c1-n1c(-c2cc(-c3ccccc3)ccc2O)nc2c(-c3cc(-c4cc(C(C)(C)C)ccn4)cc(C(C)(C)C)c3)cc(C(C)(C)C)cc21. The number of fused-ring (bicyclic) bond motifs is 1. The van der Waals surface area contributed by atoms with Crippen LogP contribution in [-0.4, -0.2) is 19.6 Å². The highest BCUT2D eigenvalue weighted by Gasteiger charge is 2.28. The number of rotatable bonds is 7. The minimum Gasteiger partial charge on any atom is -0.507 e. The summed E-state index contributed by atoms with van der Waals surface area (Å²) >= 11 is 0. The minimum absolute atomic E-state index is 0.0108. The highest BCUT2D eigenvalue weighted by atomic mass is 16.3. The Balaban J connectivity index is 1.65. The zero-order valence-electron chi connectivity index (χ0n) is 36.9. The van der Waals surface area contributed by atoms with Crippen LogP contribution in [-0.2, 0) is 16.2 Å². The summed E-state index contributed by atoms with van der Waals surface area (Å²) < 4.78 is 2.37. The summed E-state index contributed by atoms with van der Waals surface area (Å²) in [5.74, 6) is 1.41. The molecule has 0 saturated carbocycles. The molecule has 0 unspecified atom stereocenters. The molecule has 0 saturated heterocycles. The Morgan fingerprint density at radius 1 is 0.517 bits per heavy atom. The maximum Gasteiger partial charge on any atom is 0.149 e. The van der Waals surface area contributed by atoms with Crippen molar-refractivity contribution in [2.45, 2.75) is 118 Å². The zero-order valence-corrected chi connectivity index (χ0v) is 36.9. The predicted octanol–water partition coefficient (Wildman–Crippen LogP) is 14.9. The van der Waals surface area contributed by atoms with E-state index in [0.717, 1.165) is 56.1 Å². The van der Waals surface area contributed by atoms with Gasteiger partial charge in [0.1, 0.15) is 11.6 Å². The van der Waals surface area contributed by atoms with Crippen LogP contribution in [0.15, 0.2) is 115 Å². The van der Waals surface area contributed by atoms with Crippen LogP contribution in [0.5, 0.6) is 5.75 Å². The monoisotopic (exact) mass is 767 g/mol. The van der Waals surface area contributed by atoms with Gasteiger partial charge < -0.3 is 5.11 Å². The van der Waals surface area contributed by atoms with E-state index in [1.54, 1.807) is 0 Å². The molecule has 2 aromatic heterocycles. The van der Waals surface area contributed by atoms with Crippen molar-refractivity contribution < 1.29 is 5.11 Å². The van der Waals surface area contributed by atoms with Gasteiger partial charge in [-0.1, -0.05) is 151 Å². The molecule has 0 aliphatic rings. The molecule has 7 rings (SSSR count). The van der Waals surface area contributed by atoms with Crippen LogP contribution in [0.25, 0.3) is 61.6 Å². The number of imidazole rings is 1. The third-order valence-corrected chi connectivity index (χ3v) is 11.6. The summed E-state index contributed by atoms with van der Waals surface area (Å²) in [7, 11) is 0. The first-order valence-corrected chi connectivity index (χ1v) is 20.9. The van der Waals surface area contributed by atoms with Gasteiger partial charge in [-0.15, -0.1) is 0 Å². The Morgan fingerprint density at radius 3 is 1.72 bits per heavy atom. The van der Waals surface area contributed by atoms with Crippen LogP contribution in [0.3, 0.4) is 0 Å². The van der Waals surface area contributed by atoms with Crippen molar-refractivity contribution in [3.05, 3.63) is 143 Å². The molecule has 0 aliphatic heterocycles. The lowest BCUT2D eigenvalue weighted by Gasteiger charge is -2.25. The lowest BCUT2D eigenvalue weighted by molar-refractivity contribution is 0.477. The van der Waals surface area contributed by atoms with Crippen molar-refractivity contribution in [2.24, 2.45) is 0 Å². The van der Waals surface area contributed by atoms with Gasteiger partial charge in [-0.05, 0) is 121 Å². The van der Waals surface area contributed by atoms with E-state index in [1.165, 1.54) is 27.8 Å². The fourth-order valence-corrected chi connectivity index (χ4v) is 7.95. The Bertz CT molecular complexity index is 2600. The second kappa shape index (κ2) is 15.0. The summed E-state index contributed by atoms with van der Waals surface area (Å²) in [4.78, 5) is 10.6. The number of pyridine rings is 1. The number of phenols is 1. The highest BCUT2D eigenvalue weighted by molar-refractivity contribution is 5.98. The first-order chi connectivity index (χ1) is 27.2. The number of hydrogen-bond acceptors (Lipinski definition) is 3. The first-order valence-electron chi connectivity index (χ1n) is 20.9. The van der Waals surface area contributed by atoms with Crippen LogP contribution in [0.1, 0.15) is 130 Å². The molecular weight excluding hydrogens is 707 g/mol. The average Bonchev–Trinajstić information content (AvgIpc) is 3.55. The van der Waals surface area contributed by atoms with Crippen molar-refractivity contribution in [3.8, 4) is 56.3 Å². The van der Waals surface area contributed by atoms with E-state index >= 15 is 0 Å². The van der Waals surface area contributed by atoms with E-state index in [2.05, 4.69) is 186 Å². The Kier molecular flexibility index (Phi) is 10.6. The van der Waals surface area contributed by atoms with E-state index < -0.39 is 0 Å². The molecule has 0 aliphatic carbocycles. The molecule has 0 bridgehead atoms. The molecule has 298 valence electrons. The Morgan fingerprint density at radius 2 is 1.12 bits per heavy atom. The molecule has 58 heavy (non-hydrogen) atoms. The predicted molar refractivity (Wildman–Crippen MR) is 247 cm³/mol. The van der Waals surface area contributed by atoms with Crippen molar-refractivity contribution >= 4 is 11.0 Å². The average molecular weight is 768 g/mol. The number of aromatic nitrogens is 3. The Labute approximate surface area is 347 Å². The second-order valence-corrected chi connectivity index (χ2v) is 19.8. The van der Waals surface area contributed by atoms with Gasteiger partial charge in [0.25, 0.3) is 0 Å². The van der Waals surface area contributed by atoms with Gasteiger partial charge in [-0.25, -0.2) is 4.98 Å². The van der Waals surface area contributed by atoms with Gasteiger partial charge in [0.2, 0.25) is 0 Å². The topological polar surface area (TPSA) is 50.9 Å². The molecular formula is C54H61N3O. The molecule has 4 nitrogen and oxygen atoms in total. The first kappa shape index (κ1) is 40.7. The lowest BCUT2D eigenvalue weighted by atomic mass is 9.81. The van der Waals surface area contributed by atoms with Crippen molar-refractivity contribution in [1.29, 1.82) is 0 Å². The Hall–Kier alpha value is -5.48. The number of nitrogens with zero attached hydrogens (tertiary/aromatic N) is 3. The molecule has 1 N–H and O–H groups in total. The third-order valence-electron chi connectivity index (χ3n) is 11.6. The molecule has 0 amide bonds. The van der Waals surface area contributed by atoms with Gasteiger partial charge in [0.05, 0.1) is 28.0 Å². The molecule has 0 spiro atoms. The molecule has 0 fully saturated rings. The number of hydrogen-bond donors (Lipinski definition) is 1. The zero-order chi connectivity index (χ0) is 41.9. The maximum absolute atomic E-state index is 11.9. The summed E-state index contributed by atoms with van der Waals surface area (Å²) in [6.07, 6.45) is 1.94. The summed E-state index contributed by atoms with van der Waals surface area (Å²) in [6, 6.07) is 39.0. The van der Waals surface area contributed by atoms with Gasteiger partial charge in [0.15, 0.2) is 0 Å². The molecule has 7 aromatic rings. The summed E-state index contributed by atoms with van der Waals surface area (Å²) in [5, 5.41) is 11.9. The molecule has 2 heterocycles. The van der Waals surface area contributed by atoms with E-state index in [0.29, 0.717) is 5.56 Å². The fraction of sp³-hybridized carbons (Fsp3) is 0.333. The normalized spacial score (nSPS) is 12.6. The number of benzene rings is 5. The van der Waals surface area contributed by atoms with Crippen LogP contribution in [0, 0.1) is 0 Å². The molecule has 5 aromatic carbocycles. The lowest BCUT2D eigenvalue weighted by Crippen LogP contribution is -2.13. The van der Waals surface area contributed by atoms with Crippen molar-refractivity contribution in [3.63, 3.8) is 0 Å².